The van der Waals surface area contributed by atoms with Crippen molar-refractivity contribution in [2.75, 3.05) is 0 Å². The van der Waals surface area contributed by atoms with E-state index in [0.29, 0.717) is 23.4 Å². The third kappa shape index (κ3) is 4.46. The number of thiocarbonyl (C=S) groups is 1. The molecule has 0 saturated carbocycles. The highest BCUT2D eigenvalue weighted by molar-refractivity contribution is 7.79. The van der Waals surface area contributed by atoms with Crippen LogP contribution < -0.4 is 0 Å². The number of hydrogen-bond donors (Lipinski definition) is 1. The van der Waals surface area contributed by atoms with Gasteiger partial charge in [0.25, 0.3) is 0 Å². The maximum atomic E-state index is 11.4. The number of carbonyl (C=O) groups is 1. The summed E-state index contributed by atoms with van der Waals surface area (Å²) in [5.74, 6) is 0.535. The summed E-state index contributed by atoms with van der Waals surface area (Å²) in [4.78, 5) is 15.9. The Hall–Kier alpha value is -2.86. The van der Waals surface area contributed by atoms with Crippen molar-refractivity contribution >= 4 is 23.6 Å². The average molecular weight is 379 g/mol. The summed E-state index contributed by atoms with van der Waals surface area (Å²) >= 11 is 4.96. The number of carboxylic acids is 1. The third-order valence-electron chi connectivity index (χ3n) is 4.38. The summed E-state index contributed by atoms with van der Waals surface area (Å²) in [6.07, 6.45) is 2.78. The molecule has 0 amide bonds. The second-order valence-electron chi connectivity index (χ2n) is 6.31. The molecule has 0 spiro atoms. The third-order valence-corrected chi connectivity index (χ3v) is 4.59. The van der Waals surface area contributed by atoms with Crippen LogP contribution in [0.1, 0.15) is 47.3 Å². The van der Waals surface area contributed by atoms with Crippen molar-refractivity contribution in [3.05, 3.63) is 71.3 Å². The molecular formula is C21H21N3O2S. The number of carboxylic acid groups (broad SMARTS) is 1. The quantitative estimate of drug-likeness (QED) is 0.588. The molecule has 3 aromatic rings. The summed E-state index contributed by atoms with van der Waals surface area (Å²) < 4.78 is 1.93. The van der Waals surface area contributed by atoms with Crippen molar-refractivity contribution in [2.45, 2.75) is 32.7 Å². The Labute approximate surface area is 163 Å². The summed E-state index contributed by atoms with van der Waals surface area (Å²) in [5, 5.41) is 15.3. The van der Waals surface area contributed by atoms with E-state index in [1.54, 1.807) is 12.1 Å². The lowest BCUT2D eigenvalue weighted by Crippen LogP contribution is -2.06. The van der Waals surface area contributed by atoms with Gasteiger partial charge in [-0.15, -0.1) is 0 Å². The van der Waals surface area contributed by atoms with Crippen LogP contribution in [-0.4, -0.2) is 31.2 Å². The predicted octanol–water partition coefficient (Wildman–Crippen LogP) is 4.38. The van der Waals surface area contributed by atoms with E-state index in [1.807, 2.05) is 41.1 Å². The van der Waals surface area contributed by atoms with Crippen molar-refractivity contribution in [3.8, 4) is 11.1 Å². The molecule has 2 aromatic carbocycles. The second kappa shape index (κ2) is 8.68. The number of hydrogen-bond acceptors (Lipinski definition) is 4. The first-order valence-corrected chi connectivity index (χ1v) is 9.40. The van der Waals surface area contributed by atoms with Gasteiger partial charge in [-0.3, -0.25) is 0 Å². The van der Waals surface area contributed by atoms with Crippen LogP contribution in [0.25, 0.3) is 11.1 Å². The fourth-order valence-electron chi connectivity index (χ4n) is 2.97. The van der Waals surface area contributed by atoms with Crippen LogP contribution in [0.2, 0.25) is 0 Å². The van der Waals surface area contributed by atoms with E-state index in [4.69, 9.17) is 12.2 Å². The lowest BCUT2D eigenvalue weighted by atomic mass is 9.98. The second-order valence-corrected chi connectivity index (χ2v) is 6.54. The van der Waals surface area contributed by atoms with Gasteiger partial charge < -0.3 is 5.11 Å². The Bertz CT molecular complexity index is 948. The molecule has 1 N–H and O–H groups in total. The molecule has 0 aliphatic rings. The minimum atomic E-state index is -0.925. The van der Waals surface area contributed by atoms with Crippen molar-refractivity contribution in [2.24, 2.45) is 0 Å². The van der Waals surface area contributed by atoms with Gasteiger partial charge in [0.2, 0.25) is 0 Å². The van der Waals surface area contributed by atoms with Crippen molar-refractivity contribution in [1.29, 1.82) is 0 Å². The highest BCUT2D eigenvalue weighted by atomic mass is 32.1. The molecule has 0 fully saturated rings. The van der Waals surface area contributed by atoms with Gasteiger partial charge in [-0.1, -0.05) is 68.0 Å². The Kier molecular flexibility index (Phi) is 6.08. The summed E-state index contributed by atoms with van der Waals surface area (Å²) in [7, 11) is 0. The lowest BCUT2D eigenvalue weighted by Gasteiger charge is -2.08. The highest BCUT2D eigenvalue weighted by Crippen LogP contribution is 2.24. The van der Waals surface area contributed by atoms with E-state index in [0.717, 1.165) is 36.3 Å². The van der Waals surface area contributed by atoms with Crippen LogP contribution in [-0.2, 0) is 13.0 Å². The monoisotopic (exact) mass is 379 g/mol. The van der Waals surface area contributed by atoms with E-state index < -0.39 is 5.97 Å². The average Bonchev–Trinajstić information content (AvgIpc) is 3.08. The normalized spacial score (nSPS) is 10.7. The van der Waals surface area contributed by atoms with Crippen LogP contribution in [0.3, 0.4) is 0 Å². The summed E-state index contributed by atoms with van der Waals surface area (Å²) in [6.45, 7) is 2.97. The van der Waals surface area contributed by atoms with Crippen LogP contribution in [0.15, 0.2) is 48.5 Å². The lowest BCUT2D eigenvalue weighted by molar-refractivity contribution is 0.0697. The van der Waals surface area contributed by atoms with Gasteiger partial charge in [-0.25, -0.2) is 14.5 Å². The fraction of sp³-hybridized carbons (Fsp3) is 0.238. The first-order valence-electron chi connectivity index (χ1n) is 8.93. The number of aromatic carboxylic acids is 1. The molecule has 0 bridgehead atoms. The van der Waals surface area contributed by atoms with Crippen LogP contribution >= 0.6 is 12.2 Å². The Balaban J connectivity index is 1.84. The number of benzene rings is 2. The van der Waals surface area contributed by atoms with Gasteiger partial charge in [0.15, 0.2) is 5.82 Å². The van der Waals surface area contributed by atoms with Crippen LogP contribution in [0.4, 0.5) is 0 Å². The molecule has 0 unspecified atom stereocenters. The van der Waals surface area contributed by atoms with Crippen LogP contribution in [0.5, 0.6) is 0 Å². The molecule has 0 aliphatic heterocycles. The first kappa shape index (κ1) is 18.9. The highest BCUT2D eigenvalue weighted by Gasteiger charge is 2.12. The van der Waals surface area contributed by atoms with E-state index in [2.05, 4.69) is 17.0 Å². The van der Waals surface area contributed by atoms with Gasteiger partial charge in [-0.2, -0.15) is 5.10 Å². The zero-order valence-electron chi connectivity index (χ0n) is 15.1. The fourth-order valence-corrected chi connectivity index (χ4v) is 3.07. The molecule has 5 nitrogen and oxygen atoms in total. The van der Waals surface area contributed by atoms with Gasteiger partial charge in [0.05, 0.1) is 5.56 Å². The minimum Gasteiger partial charge on any atom is -0.478 e. The molecular weight excluding hydrogens is 358 g/mol. The smallest absolute Gasteiger partial charge is 0.336 e. The molecule has 1 heterocycles. The number of aryl methyl sites for hydroxylation is 1. The van der Waals surface area contributed by atoms with E-state index in [-0.39, 0.29) is 0 Å². The van der Waals surface area contributed by atoms with Crippen LogP contribution in [0, 0.1) is 0 Å². The Morgan fingerprint density at radius 1 is 1.19 bits per heavy atom. The molecule has 27 heavy (non-hydrogen) atoms. The van der Waals surface area contributed by atoms with Gasteiger partial charge in [0.1, 0.15) is 5.82 Å². The summed E-state index contributed by atoms with van der Waals surface area (Å²) in [6, 6.07) is 14.9. The molecule has 0 atom stereocenters. The molecule has 0 aliphatic carbocycles. The largest absolute Gasteiger partial charge is 0.478 e. The molecule has 1 aromatic heterocycles. The maximum Gasteiger partial charge on any atom is 0.336 e. The topological polar surface area (TPSA) is 68.0 Å². The standard InChI is InChI=1S/C21H21N3O2S/c1-2-3-12-24-20(22-19(14-27)23-24)13-15-8-10-16(11-9-15)17-6-4-5-7-18(17)21(25)26/h4-11,14H,2-3,12-13H2,1H3,(H,25,26). The number of unbranched alkanes of at least 4 members (excludes halogenated alkanes) is 1. The number of nitrogens with zero attached hydrogens (tertiary/aromatic N) is 3. The van der Waals surface area contributed by atoms with Gasteiger partial charge in [-0.05, 0) is 29.2 Å². The molecule has 3 rings (SSSR count). The first-order chi connectivity index (χ1) is 13.1. The van der Waals surface area contributed by atoms with Crippen molar-refractivity contribution in [3.63, 3.8) is 0 Å². The zero-order chi connectivity index (χ0) is 19.2. The van der Waals surface area contributed by atoms with Gasteiger partial charge >= 0.3 is 5.97 Å². The van der Waals surface area contributed by atoms with Gasteiger partial charge in [0, 0.05) is 18.3 Å². The minimum absolute atomic E-state index is 0.301. The zero-order valence-corrected chi connectivity index (χ0v) is 15.9. The van der Waals surface area contributed by atoms with E-state index in [9.17, 15) is 9.90 Å². The molecule has 0 radical (unpaired) electrons. The molecule has 6 heteroatoms. The van der Waals surface area contributed by atoms with Crippen molar-refractivity contribution in [1.82, 2.24) is 14.8 Å². The van der Waals surface area contributed by atoms with Crippen molar-refractivity contribution < 1.29 is 9.90 Å². The number of aromatic nitrogens is 3. The predicted molar refractivity (Wildman–Crippen MR) is 109 cm³/mol. The Morgan fingerprint density at radius 3 is 2.59 bits per heavy atom. The summed E-state index contributed by atoms with van der Waals surface area (Å²) in [5.41, 5.74) is 2.98. The maximum absolute atomic E-state index is 11.4. The molecule has 0 saturated heterocycles. The van der Waals surface area contributed by atoms with E-state index >= 15 is 0 Å². The SMILES string of the molecule is CCCCn1nc(C=S)nc1Cc1ccc(-c2ccccc2C(=O)O)cc1. The number of rotatable bonds is 8. The Morgan fingerprint density at radius 2 is 1.93 bits per heavy atom. The molecule has 138 valence electrons. The van der Waals surface area contributed by atoms with E-state index in [1.165, 1.54) is 5.37 Å².